The van der Waals surface area contributed by atoms with Crippen LogP contribution in [-0.4, -0.2) is 58.9 Å². The third-order valence-corrected chi connectivity index (χ3v) is 8.21. The molecule has 1 aromatic heterocycles. The number of anilines is 2. The van der Waals surface area contributed by atoms with E-state index in [1.165, 1.54) is 6.20 Å². The fraction of sp³-hybridized carbons (Fsp3) is 0.519. The third kappa shape index (κ3) is 5.21. The molecule has 0 unspecified atom stereocenters. The Morgan fingerprint density at radius 1 is 1.13 bits per heavy atom. The summed E-state index contributed by atoms with van der Waals surface area (Å²) in [5.41, 5.74) is 3.91. The highest BCUT2D eigenvalue weighted by Crippen LogP contribution is 2.48. The number of likely N-dealkylation sites (tertiary alicyclic amines) is 1. The van der Waals surface area contributed by atoms with Crippen LogP contribution >= 0.6 is 12.2 Å². The second kappa shape index (κ2) is 11.0. The number of nitrogens with two attached hydrogens (primary N) is 1. The molecule has 1 saturated carbocycles. The molecular weight excluding hydrogens is 534 g/mol. The summed E-state index contributed by atoms with van der Waals surface area (Å²) in [7, 11) is 0. The third-order valence-electron chi connectivity index (χ3n) is 7.85. The fourth-order valence-electron chi connectivity index (χ4n) is 5.62. The Bertz CT molecular complexity index is 1210. The Balaban J connectivity index is 1.34. The van der Waals surface area contributed by atoms with Gasteiger partial charge in [-0.3, -0.25) is 19.1 Å². The number of hydrogen-bond donors (Lipinski definition) is 1. The number of piperidine rings is 1. The van der Waals surface area contributed by atoms with Crippen molar-refractivity contribution in [2.75, 3.05) is 36.1 Å². The molecule has 1 amide bonds. The normalized spacial score (nSPS) is 20.1. The van der Waals surface area contributed by atoms with Crippen molar-refractivity contribution in [2.24, 2.45) is 5.73 Å². The summed E-state index contributed by atoms with van der Waals surface area (Å²) in [4.78, 5) is 22.7. The van der Waals surface area contributed by atoms with E-state index in [4.69, 9.17) is 22.7 Å². The van der Waals surface area contributed by atoms with Crippen LogP contribution in [-0.2, 0) is 17.5 Å². The number of halogens is 4. The highest BCUT2D eigenvalue weighted by Gasteiger charge is 2.59. The maximum Gasteiger partial charge on any atom is 0.418 e. The van der Waals surface area contributed by atoms with Gasteiger partial charge in [0.05, 0.1) is 29.8 Å². The second-order valence-corrected chi connectivity index (χ2v) is 10.6. The fourth-order valence-corrected chi connectivity index (χ4v) is 6.09. The summed E-state index contributed by atoms with van der Waals surface area (Å²) in [6.07, 6.45) is 0.764. The Kier molecular flexibility index (Phi) is 7.80. The van der Waals surface area contributed by atoms with Crippen LogP contribution in [0.25, 0.3) is 0 Å². The number of rotatable bonds is 8. The number of nitrogens with zero attached hydrogens (tertiary/aromatic N) is 4. The van der Waals surface area contributed by atoms with Crippen molar-refractivity contribution in [3.8, 4) is 5.75 Å². The van der Waals surface area contributed by atoms with Gasteiger partial charge in [0.1, 0.15) is 17.4 Å². The van der Waals surface area contributed by atoms with Crippen LogP contribution in [0.15, 0.2) is 36.5 Å². The van der Waals surface area contributed by atoms with Crippen molar-refractivity contribution in [1.29, 1.82) is 0 Å². The molecule has 0 atom stereocenters. The largest absolute Gasteiger partial charge is 0.490 e. The molecule has 0 radical (unpaired) electrons. The van der Waals surface area contributed by atoms with Crippen molar-refractivity contribution in [2.45, 2.75) is 62.9 Å². The summed E-state index contributed by atoms with van der Waals surface area (Å²) in [6.45, 7) is 1.80. The minimum atomic E-state index is -4.67. The van der Waals surface area contributed by atoms with Gasteiger partial charge in [0, 0.05) is 31.9 Å². The summed E-state index contributed by atoms with van der Waals surface area (Å²) in [5, 5.41) is 0.115. The van der Waals surface area contributed by atoms with Gasteiger partial charge >= 0.3 is 6.18 Å². The molecule has 39 heavy (non-hydrogen) atoms. The highest BCUT2D eigenvalue weighted by atomic mass is 32.1. The van der Waals surface area contributed by atoms with Crippen LogP contribution in [0, 0.1) is 0 Å². The topological polar surface area (TPSA) is 74.9 Å². The van der Waals surface area contributed by atoms with E-state index in [0.717, 1.165) is 49.9 Å². The van der Waals surface area contributed by atoms with Crippen LogP contribution in [0.2, 0.25) is 0 Å². The van der Waals surface area contributed by atoms with Crippen molar-refractivity contribution < 1.29 is 27.1 Å². The van der Waals surface area contributed by atoms with Gasteiger partial charge in [-0.15, -0.1) is 0 Å². The highest BCUT2D eigenvalue weighted by molar-refractivity contribution is 7.81. The van der Waals surface area contributed by atoms with E-state index >= 15 is 0 Å². The average molecular weight is 566 g/mol. The van der Waals surface area contributed by atoms with Crippen LogP contribution in [0.4, 0.5) is 28.9 Å². The summed E-state index contributed by atoms with van der Waals surface area (Å²) in [6, 6.07) is 8.20. The molecule has 3 aliphatic rings. The number of benzene rings is 1. The Morgan fingerprint density at radius 3 is 2.38 bits per heavy atom. The summed E-state index contributed by atoms with van der Waals surface area (Å²) >= 11 is 5.69. The quantitative estimate of drug-likeness (QED) is 0.363. The van der Waals surface area contributed by atoms with E-state index in [1.54, 1.807) is 4.90 Å². The molecule has 2 saturated heterocycles. The van der Waals surface area contributed by atoms with Gasteiger partial charge in [0.15, 0.2) is 5.11 Å². The van der Waals surface area contributed by atoms with Crippen molar-refractivity contribution in [3.05, 3.63) is 47.8 Å². The summed E-state index contributed by atoms with van der Waals surface area (Å²) in [5.74, 6) is 0.335. The Morgan fingerprint density at radius 2 is 1.82 bits per heavy atom. The number of carbonyl (C=O) groups excluding carboxylic acids is 1. The monoisotopic (exact) mass is 565 g/mol. The minimum Gasteiger partial charge on any atom is -0.490 e. The standard InChI is InChI=1S/C27H31F4N5O2S/c28-11-2-12-34-13-7-21(8-14-34)38-20-5-3-18(4-6-20)36-25(39)35(24(37)26(36)9-1-10-26)19-15-22(27(29,30)31)23(16-32)33-17-19/h3-6,15,17,21H,1-2,7-14,16,32H2. The average Bonchev–Trinajstić information content (AvgIpc) is 3.14. The zero-order chi connectivity index (χ0) is 27.8. The predicted molar refractivity (Wildman–Crippen MR) is 143 cm³/mol. The number of hydrogen-bond acceptors (Lipinski definition) is 6. The predicted octanol–water partition coefficient (Wildman–Crippen LogP) is 4.82. The van der Waals surface area contributed by atoms with Crippen LogP contribution in [0.3, 0.4) is 0 Å². The number of ether oxygens (including phenoxy) is 1. The van der Waals surface area contributed by atoms with Gasteiger partial charge in [0.25, 0.3) is 5.91 Å². The first kappa shape index (κ1) is 27.7. The first-order valence-corrected chi connectivity index (χ1v) is 13.6. The van der Waals surface area contributed by atoms with Crippen molar-refractivity contribution in [1.82, 2.24) is 9.88 Å². The maximum atomic E-state index is 13.7. The molecule has 7 nitrogen and oxygen atoms in total. The van der Waals surface area contributed by atoms with E-state index in [1.807, 2.05) is 24.3 Å². The van der Waals surface area contributed by atoms with E-state index in [0.29, 0.717) is 30.7 Å². The molecule has 3 fully saturated rings. The number of alkyl halides is 4. The van der Waals surface area contributed by atoms with E-state index in [2.05, 4.69) is 9.88 Å². The zero-order valence-electron chi connectivity index (χ0n) is 21.4. The van der Waals surface area contributed by atoms with Gasteiger partial charge in [-0.05, 0) is 81.1 Å². The van der Waals surface area contributed by atoms with Gasteiger partial charge in [0.2, 0.25) is 0 Å². The molecule has 1 spiro atoms. The lowest BCUT2D eigenvalue weighted by atomic mass is 9.75. The van der Waals surface area contributed by atoms with Gasteiger partial charge in [-0.25, -0.2) is 0 Å². The SMILES string of the molecule is NCc1ncc(N2C(=O)C3(CCC3)N(c3ccc(OC4CCN(CCCF)CC4)cc3)C2=S)cc1C(F)(F)F. The lowest BCUT2D eigenvalue weighted by Gasteiger charge is -2.43. The van der Waals surface area contributed by atoms with Crippen LogP contribution in [0.5, 0.6) is 5.75 Å². The van der Waals surface area contributed by atoms with Gasteiger partial charge in [-0.1, -0.05) is 0 Å². The van der Waals surface area contributed by atoms with Crippen molar-refractivity contribution in [3.63, 3.8) is 0 Å². The molecule has 1 aliphatic carbocycles. The smallest absolute Gasteiger partial charge is 0.418 e. The second-order valence-electron chi connectivity index (χ2n) is 10.2. The number of amides is 1. The molecule has 12 heteroatoms. The number of thiocarbonyl (C=S) groups is 1. The number of pyridine rings is 1. The van der Waals surface area contributed by atoms with E-state index in [-0.39, 0.29) is 41.7 Å². The Labute approximate surface area is 229 Å². The first-order chi connectivity index (χ1) is 18.7. The number of aromatic nitrogens is 1. The minimum absolute atomic E-state index is 0.0267. The molecule has 2 N–H and O–H groups in total. The van der Waals surface area contributed by atoms with Crippen LogP contribution < -0.4 is 20.3 Å². The molecule has 2 aliphatic heterocycles. The van der Waals surface area contributed by atoms with Crippen molar-refractivity contribution >= 4 is 34.6 Å². The molecule has 5 rings (SSSR count). The summed E-state index contributed by atoms with van der Waals surface area (Å²) < 4.78 is 59.6. The van der Waals surface area contributed by atoms with E-state index in [9.17, 15) is 22.4 Å². The first-order valence-electron chi connectivity index (χ1n) is 13.2. The molecule has 0 bridgehead atoms. The van der Waals surface area contributed by atoms with Gasteiger partial charge in [-0.2, -0.15) is 13.2 Å². The molecular formula is C27H31F4N5O2S. The molecule has 1 aromatic carbocycles. The Hall–Kier alpha value is -2.83. The molecule has 2 aromatic rings. The van der Waals surface area contributed by atoms with Gasteiger partial charge < -0.3 is 20.3 Å². The molecule has 210 valence electrons. The van der Waals surface area contributed by atoms with E-state index < -0.39 is 17.3 Å². The number of carbonyl (C=O) groups is 1. The van der Waals surface area contributed by atoms with Crippen LogP contribution in [0.1, 0.15) is 49.8 Å². The molecule has 3 heterocycles. The zero-order valence-corrected chi connectivity index (χ0v) is 22.2. The lowest BCUT2D eigenvalue weighted by Crippen LogP contribution is -2.55. The lowest BCUT2D eigenvalue weighted by molar-refractivity contribution is -0.138. The maximum absolute atomic E-state index is 13.7.